The molecule has 6 heteroatoms. The Hall–Kier alpha value is -2.53. The molecule has 4 aromatic rings. The van der Waals surface area contributed by atoms with Crippen molar-refractivity contribution in [2.75, 3.05) is 0 Å². The van der Waals surface area contributed by atoms with E-state index in [1.807, 2.05) is 77.3 Å². The van der Waals surface area contributed by atoms with Crippen LogP contribution < -0.4 is 9.33 Å². The summed E-state index contributed by atoms with van der Waals surface area (Å²) < 4.78 is 9.31. The van der Waals surface area contributed by atoms with Gasteiger partial charge in [0.25, 0.3) is 0 Å². The average Bonchev–Trinajstić information content (AvgIpc) is 3.02. The van der Waals surface area contributed by atoms with Gasteiger partial charge in [-0.05, 0) is 0 Å². The number of aromatic nitrogens is 3. The first kappa shape index (κ1) is 16.0. The van der Waals surface area contributed by atoms with E-state index in [1.165, 1.54) is 0 Å². The first-order valence-corrected chi connectivity index (χ1v) is 9.76. The standard InChI is InChI=1S/C19H13N3OSSe/c24-19(23-14-8-2-1-3-9-14)25-18-16-11-5-7-13-22(16)17(21-18)15-10-4-6-12-20-15/h1-13H. The number of hydrogen-bond acceptors (Lipinski definition) is 4. The normalized spacial score (nSPS) is 10.7. The summed E-state index contributed by atoms with van der Waals surface area (Å²) >= 11 is 5.26. The monoisotopic (exact) mass is 411 g/mol. The number of fused-ring (bicyclic) bond motifs is 1. The maximum atomic E-state index is 5.78. The fourth-order valence-electron chi connectivity index (χ4n) is 2.44. The Morgan fingerprint density at radius 2 is 1.76 bits per heavy atom. The molecule has 1 aromatic carbocycles. The molecule has 0 aliphatic heterocycles. The molecule has 0 amide bonds. The second-order valence-electron chi connectivity index (χ2n) is 5.18. The molecule has 122 valence electrons. The molecule has 0 bridgehead atoms. The van der Waals surface area contributed by atoms with Crippen LogP contribution in [0.25, 0.3) is 17.0 Å². The Bertz CT molecular complexity index is 1020. The van der Waals surface area contributed by atoms with E-state index in [0.29, 0.717) is 3.95 Å². The number of rotatable bonds is 4. The minimum atomic E-state index is -0.190. The van der Waals surface area contributed by atoms with Crippen LogP contribution in [0.2, 0.25) is 0 Å². The van der Waals surface area contributed by atoms with E-state index in [4.69, 9.17) is 21.9 Å². The third-order valence-electron chi connectivity index (χ3n) is 3.53. The molecule has 3 heterocycles. The van der Waals surface area contributed by atoms with E-state index < -0.39 is 0 Å². The number of benzene rings is 1. The molecule has 0 atom stereocenters. The zero-order valence-electron chi connectivity index (χ0n) is 13.1. The topological polar surface area (TPSA) is 39.4 Å². The van der Waals surface area contributed by atoms with Gasteiger partial charge < -0.3 is 0 Å². The van der Waals surface area contributed by atoms with E-state index in [2.05, 4.69) is 4.98 Å². The molecular weight excluding hydrogens is 397 g/mol. The molecule has 25 heavy (non-hydrogen) atoms. The molecule has 4 nitrogen and oxygen atoms in total. The maximum absolute atomic E-state index is 5.78. The molecule has 3 aromatic heterocycles. The van der Waals surface area contributed by atoms with Gasteiger partial charge in [-0.25, -0.2) is 0 Å². The predicted octanol–water partition coefficient (Wildman–Crippen LogP) is 3.09. The van der Waals surface area contributed by atoms with Crippen molar-refractivity contribution in [2.45, 2.75) is 0 Å². The first-order chi connectivity index (χ1) is 12.3. The van der Waals surface area contributed by atoms with E-state index >= 15 is 0 Å². The van der Waals surface area contributed by atoms with Gasteiger partial charge in [0.2, 0.25) is 0 Å². The molecular formula is C19H13N3OSSe. The molecule has 0 spiro atoms. The molecule has 0 aliphatic rings. The minimum absolute atomic E-state index is 0.190. The SMILES string of the molecule is S=C(Oc1ccccc1)[Se]c1nc(-c2ccccn2)n2ccccc12. The molecule has 0 saturated carbocycles. The van der Waals surface area contributed by atoms with Crippen LogP contribution >= 0.6 is 12.2 Å². The Labute approximate surface area is 156 Å². The third kappa shape index (κ3) is 3.46. The summed E-state index contributed by atoms with van der Waals surface area (Å²) in [4.78, 5) is 9.22. The summed E-state index contributed by atoms with van der Waals surface area (Å²) in [6.45, 7) is 0. The van der Waals surface area contributed by atoms with Crippen molar-refractivity contribution in [3.8, 4) is 17.3 Å². The number of pyridine rings is 2. The molecule has 0 saturated heterocycles. The molecule has 0 fully saturated rings. The van der Waals surface area contributed by atoms with E-state index in [9.17, 15) is 0 Å². The molecule has 0 unspecified atom stereocenters. The van der Waals surface area contributed by atoms with Gasteiger partial charge in [0, 0.05) is 0 Å². The van der Waals surface area contributed by atoms with Gasteiger partial charge in [-0.1, -0.05) is 0 Å². The van der Waals surface area contributed by atoms with Crippen LogP contribution in [0.4, 0.5) is 0 Å². The Balaban J connectivity index is 1.67. The van der Waals surface area contributed by atoms with Crippen molar-refractivity contribution in [3.05, 3.63) is 79.1 Å². The summed E-state index contributed by atoms with van der Waals surface area (Å²) in [6, 6.07) is 21.4. The first-order valence-electron chi connectivity index (χ1n) is 7.64. The zero-order valence-corrected chi connectivity index (χ0v) is 15.6. The summed E-state index contributed by atoms with van der Waals surface area (Å²) in [5.41, 5.74) is 1.86. The second-order valence-corrected chi connectivity index (χ2v) is 8.15. The van der Waals surface area contributed by atoms with Crippen LogP contribution in [0.5, 0.6) is 5.75 Å². The quantitative estimate of drug-likeness (QED) is 0.383. The zero-order chi connectivity index (χ0) is 17.1. The van der Waals surface area contributed by atoms with E-state index in [1.54, 1.807) is 6.20 Å². The van der Waals surface area contributed by atoms with Gasteiger partial charge in [0.05, 0.1) is 0 Å². The Morgan fingerprint density at radius 3 is 2.56 bits per heavy atom. The molecule has 0 N–H and O–H groups in total. The number of ether oxygens (including phenoxy) is 1. The van der Waals surface area contributed by atoms with Gasteiger partial charge in [0.1, 0.15) is 0 Å². The number of thiocarbonyl (C=S) groups is 1. The number of imidazole rings is 1. The van der Waals surface area contributed by atoms with E-state index in [0.717, 1.165) is 27.4 Å². The van der Waals surface area contributed by atoms with Gasteiger partial charge in [-0.15, -0.1) is 0 Å². The number of hydrogen-bond donors (Lipinski definition) is 0. The Morgan fingerprint density at radius 1 is 0.960 bits per heavy atom. The predicted molar refractivity (Wildman–Crippen MR) is 103 cm³/mol. The van der Waals surface area contributed by atoms with Crippen molar-refractivity contribution in [1.29, 1.82) is 0 Å². The van der Waals surface area contributed by atoms with Crippen LogP contribution in [0.15, 0.2) is 79.1 Å². The van der Waals surface area contributed by atoms with Crippen molar-refractivity contribution in [2.24, 2.45) is 0 Å². The molecule has 0 aliphatic carbocycles. The summed E-state index contributed by atoms with van der Waals surface area (Å²) in [7, 11) is 0. The van der Waals surface area contributed by atoms with Gasteiger partial charge >= 0.3 is 157 Å². The van der Waals surface area contributed by atoms with Gasteiger partial charge in [-0.2, -0.15) is 0 Å². The summed E-state index contributed by atoms with van der Waals surface area (Å²) in [5.74, 6) is 1.57. The molecule has 4 rings (SSSR count). The Kier molecular flexibility index (Phi) is 4.57. The van der Waals surface area contributed by atoms with Gasteiger partial charge in [-0.3, -0.25) is 0 Å². The van der Waals surface area contributed by atoms with Crippen molar-refractivity contribution >= 4 is 41.2 Å². The van der Waals surface area contributed by atoms with Gasteiger partial charge in [0.15, 0.2) is 0 Å². The van der Waals surface area contributed by atoms with E-state index in [-0.39, 0.29) is 15.0 Å². The average molecular weight is 410 g/mol. The summed E-state index contributed by atoms with van der Waals surface area (Å²) in [6.07, 6.45) is 3.76. The fraction of sp³-hybridized carbons (Fsp3) is 0. The summed E-state index contributed by atoms with van der Waals surface area (Å²) in [5, 5.41) is 0. The van der Waals surface area contributed by atoms with Crippen molar-refractivity contribution in [1.82, 2.24) is 14.4 Å². The van der Waals surface area contributed by atoms with Crippen LogP contribution in [-0.2, 0) is 0 Å². The second kappa shape index (κ2) is 7.15. The number of nitrogens with zero attached hydrogens (tertiary/aromatic N) is 3. The van der Waals surface area contributed by atoms with Crippen LogP contribution in [-0.4, -0.2) is 33.3 Å². The fourth-order valence-corrected chi connectivity index (χ4v) is 4.42. The third-order valence-corrected chi connectivity index (χ3v) is 5.61. The molecule has 0 radical (unpaired) electrons. The number of para-hydroxylation sites is 1. The van der Waals surface area contributed by atoms with Crippen molar-refractivity contribution < 1.29 is 4.74 Å². The van der Waals surface area contributed by atoms with Crippen LogP contribution in [0.3, 0.4) is 0 Å². The van der Waals surface area contributed by atoms with Crippen LogP contribution in [0, 0.1) is 0 Å². The van der Waals surface area contributed by atoms with Crippen molar-refractivity contribution in [3.63, 3.8) is 0 Å². The van der Waals surface area contributed by atoms with Crippen LogP contribution in [0.1, 0.15) is 0 Å².